The van der Waals surface area contributed by atoms with Gasteiger partial charge in [-0.3, -0.25) is 10.1 Å². The van der Waals surface area contributed by atoms with Gasteiger partial charge in [0.15, 0.2) is 0 Å². The predicted octanol–water partition coefficient (Wildman–Crippen LogP) is 2.57. The zero-order chi connectivity index (χ0) is 12.4. The van der Waals surface area contributed by atoms with Gasteiger partial charge in [-0.15, -0.1) is 0 Å². The molecule has 2 atom stereocenters. The van der Waals surface area contributed by atoms with Crippen molar-refractivity contribution in [1.29, 1.82) is 0 Å². The topological polar surface area (TPSA) is 32.3 Å². The molecule has 92 valence electrons. The summed E-state index contributed by atoms with van der Waals surface area (Å²) in [4.78, 5) is 13.9. The summed E-state index contributed by atoms with van der Waals surface area (Å²) in [5, 5.41) is 4.02. The van der Waals surface area contributed by atoms with Crippen molar-refractivity contribution in [2.24, 2.45) is 0 Å². The minimum atomic E-state index is -0.109. The lowest BCUT2D eigenvalue weighted by Crippen LogP contribution is -2.31. The van der Waals surface area contributed by atoms with E-state index in [1.54, 1.807) is 0 Å². The van der Waals surface area contributed by atoms with Gasteiger partial charge in [-0.1, -0.05) is 30.7 Å². The summed E-state index contributed by atoms with van der Waals surface area (Å²) in [5.41, 5.74) is 1.08. The molecule has 1 heterocycles. The molecule has 1 amide bonds. The predicted molar refractivity (Wildman–Crippen MR) is 68.8 cm³/mol. The SMILES string of the molecule is CCCN1C(=O)C(C)NC1c1ccc(Cl)cc1. The lowest BCUT2D eigenvalue weighted by molar-refractivity contribution is -0.129. The number of halogens is 1. The van der Waals surface area contributed by atoms with E-state index in [9.17, 15) is 4.79 Å². The number of carbonyl (C=O) groups excluding carboxylic acids is 1. The van der Waals surface area contributed by atoms with Crippen LogP contribution in [0.25, 0.3) is 0 Å². The van der Waals surface area contributed by atoms with E-state index in [1.165, 1.54) is 0 Å². The van der Waals surface area contributed by atoms with Gasteiger partial charge in [-0.25, -0.2) is 0 Å². The molecule has 3 nitrogen and oxygen atoms in total. The van der Waals surface area contributed by atoms with Crippen LogP contribution in [0.2, 0.25) is 5.02 Å². The summed E-state index contributed by atoms with van der Waals surface area (Å²) < 4.78 is 0. The molecule has 0 bridgehead atoms. The molecule has 2 rings (SSSR count). The average molecular weight is 253 g/mol. The minimum absolute atomic E-state index is 0.0188. The number of hydrogen-bond acceptors (Lipinski definition) is 2. The van der Waals surface area contributed by atoms with Crippen LogP contribution < -0.4 is 5.32 Å². The quantitative estimate of drug-likeness (QED) is 0.897. The van der Waals surface area contributed by atoms with Gasteiger partial charge in [0.1, 0.15) is 6.17 Å². The first-order valence-electron chi connectivity index (χ1n) is 5.95. The summed E-state index contributed by atoms with van der Waals surface area (Å²) in [6, 6.07) is 7.54. The molecule has 1 saturated heterocycles. The van der Waals surface area contributed by atoms with Crippen molar-refractivity contribution in [3.8, 4) is 0 Å². The lowest BCUT2D eigenvalue weighted by Gasteiger charge is -2.24. The molecule has 1 aromatic rings. The highest BCUT2D eigenvalue weighted by Crippen LogP contribution is 2.26. The molecule has 1 aliphatic heterocycles. The van der Waals surface area contributed by atoms with Gasteiger partial charge >= 0.3 is 0 Å². The molecule has 0 radical (unpaired) electrons. The fraction of sp³-hybridized carbons (Fsp3) is 0.462. The van der Waals surface area contributed by atoms with Crippen molar-refractivity contribution >= 4 is 17.5 Å². The molecular weight excluding hydrogens is 236 g/mol. The Balaban J connectivity index is 2.24. The third-order valence-corrected chi connectivity index (χ3v) is 3.28. The first-order chi connectivity index (χ1) is 8.13. The largest absolute Gasteiger partial charge is 0.322 e. The Morgan fingerprint density at radius 2 is 2.00 bits per heavy atom. The third-order valence-electron chi connectivity index (χ3n) is 3.02. The summed E-state index contributed by atoms with van der Waals surface area (Å²) in [7, 11) is 0. The van der Waals surface area contributed by atoms with E-state index < -0.39 is 0 Å². The van der Waals surface area contributed by atoms with Crippen LogP contribution in [0, 0.1) is 0 Å². The summed E-state index contributed by atoms with van der Waals surface area (Å²) >= 11 is 5.87. The monoisotopic (exact) mass is 252 g/mol. The fourth-order valence-corrected chi connectivity index (χ4v) is 2.30. The van der Waals surface area contributed by atoms with Gasteiger partial charge in [0.05, 0.1) is 6.04 Å². The van der Waals surface area contributed by atoms with Crippen molar-refractivity contribution in [1.82, 2.24) is 10.2 Å². The molecule has 1 fully saturated rings. The first kappa shape index (κ1) is 12.4. The summed E-state index contributed by atoms with van der Waals surface area (Å²) in [5.74, 6) is 0.173. The number of benzene rings is 1. The van der Waals surface area contributed by atoms with Crippen LogP contribution in [-0.4, -0.2) is 23.4 Å². The van der Waals surface area contributed by atoms with Gasteiger partial charge in [0.25, 0.3) is 0 Å². The van der Waals surface area contributed by atoms with Gasteiger partial charge in [0.2, 0.25) is 5.91 Å². The molecule has 0 saturated carbocycles. The molecule has 17 heavy (non-hydrogen) atoms. The lowest BCUT2D eigenvalue weighted by atomic mass is 10.1. The number of rotatable bonds is 3. The Labute approximate surface area is 107 Å². The molecule has 0 spiro atoms. The van der Waals surface area contributed by atoms with Crippen molar-refractivity contribution in [3.05, 3.63) is 34.9 Å². The van der Waals surface area contributed by atoms with Crippen molar-refractivity contribution in [3.63, 3.8) is 0 Å². The maximum Gasteiger partial charge on any atom is 0.241 e. The van der Waals surface area contributed by atoms with Gasteiger partial charge in [-0.05, 0) is 31.0 Å². The maximum atomic E-state index is 12.0. The second-order valence-electron chi connectivity index (χ2n) is 4.37. The molecule has 0 aliphatic carbocycles. The number of amides is 1. The summed E-state index contributed by atoms with van der Waals surface area (Å²) in [6.07, 6.45) is 0.944. The Morgan fingerprint density at radius 1 is 1.35 bits per heavy atom. The van der Waals surface area contributed by atoms with Crippen LogP contribution in [0.1, 0.15) is 32.0 Å². The van der Waals surface area contributed by atoms with E-state index in [0.717, 1.165) is 18.5 Å². The molecule has 1 aromatic carbocycles. The van der Waals surface area contributed by atoms with Crippen molar-refractivity contribution < 1.29 is 4.79 Å². The van der Waals surface area contributed by atoms with Crippen molar-refractivity contribution in [2.45, 2.75) is 32.5 Å². The van der Waals surface area contributed by atoms with Gasteiger partial charge in [-0.2, -0.15) is 0 Å². The highest BCUT2D eigenvalue weighted by atomic mass is 35.5. The number of carbonyl (C=O) groups is 1. The van der Waals surface area contributed by atoms with Gasteiger partial charge < -0.3 is 4.90 Å². The van der Waals surface area contributed by atoms with E-state index in [0.29, 0.717) is 5.02 Å². The molecule has 1 aliphatic rings. The van der Waals surface area contributed by atoms with Crippen LogP contribution in [0.5, 0.6) is 0 Å². The van der Waals surface area contributed by atoms with Crippen molar-refractivity contribution in [2.75, 3.05) is 6.54 Å². The molecule has 0 aromatic heterocycles. The van der Waals surface area contributed by atoms with Crippen LogP contribution in [0.15, 0.2) is 24.3 Å². The normalized spacial score (nSPS) is 24.4. The second-order valence-corrected chi connectivity index (χ2v) is 4.81. The average Bonchev–Trinajstić information content (AvgIpc) is 2.59. The van der Waals surface area contributed by atoms with E-state index in [4.69, 9.17) is 11.6 Å². The van der Waals surface area contributed by atoms with E-state index in [2.05, 4.69) is 12.2 Å². The highest BCUT2D eigenvalue weighted by molar-refractivity contribution is 6.30. The van der Waals surface area contributed by atoms with Gasteiger partial charge in [0, 0.05) is 11.6 Å². The maximum absolute atomic E-state index is 12.0. The Kier molecular flexibility index (Phi) is 3.69. The first-order valence-corrected chi connectivity index (χ1v) is 6.33. The number of hydrogen-bond donors (Lipinski definition) is 1. The Hall–Kier alpha value is -1.06. The standard InChI is InChI=1S/C13H17ClN2O/c1-3-8-16-12(15-9(2)13(16)17)10-4-6-11(14)7-5-10/h4-7,9,12,15H,3,8H2,1-2H3. The molecule has 4 heteroatoms. The number of nitrogens with zero attached hydrogens (tertiary/aromatic N) is 1. The van der Waals surface area contributed by atoms with Crippen LogP contribution >= 0.6 is 11.6 Å². The number of nitrogens with one attached hydrogen (secondary N) is 1. The molecular formula is C13H17ClN2O. The van der Waals surface area contributed by atoms with E-state index >= 15 is 0 Å². The molecule has 1 N–H and O–H groups in total. The van der Waals surface area contributed by atoms with Crippen LogP contribution in [0.4, 0.5) is 0 Å². The van der Waals surface area contributed by atoms with Crippen LogP contribution in [-0.2, 0) is 4.79 Å². The third kappa shape index (κ3) is 2.45. The Morgan fingerprint density at radius 3 is 2.59 bits per heavy atom. The van der Waals surface area contributed by atoms with E-state index in [1.807, 2.05) is 36.1 Å². The zero-order valence-electron chi connectivity index (χ0n) is 10.1. The Bertz CT molecular complexity index is 404. The summed E-state index contributed by atoms with van der Waals surface area (Å²) in [6.45, 7) is 4.76. The second kappa shape index (κ2) is 5.07. The zero-order valence-corrected chi connectivity index (χ0v) is 10.9. The molecule has 2 unspecified atom stereocenters. The van der Waals surface area contributed by atoms with E-state index in [-0.39, 0.29) is 18.1 Å². The fourth-order valence-electron chi connectivity index (χ4n) is 2.18. The van der Waals surface area contributed by atoms with Crippen LogP contribution in [0.3, 0.4) is 0 Å². The minimum Gasteiger partial charge on any atom is -0.322 e. The smallest absolute Gasteiger partial charge is 0.241 e. The highest BCUT2D eigenvalue weighted by Gasteiger charge is 2.36.